The summed E-state index contributed by atoms with van der Waals surface area (Å²) in [5.74, 6) is 1.15. The van der Waals surface area contributed by atoms with E-state index in [2.05, 4.69) is 31.5 Å². The highest BCUT2D eigenvalue weighted by Crippen LogP contribution is 2.61. The summed E-state index contributed by atoms with van der Waals surface area (Å²) in [5, 5.41) is 21.9. The molecule has 154 valence electrons. The first-order chi connectivity index (χ1) is 13.3. The second-order valence-electron chi connectivity index (χ2n) is 10.3. The Bertz CT molecular complexity index is 704. The molecule has 0 saturated heterocycles. The van der Waals surface area contributed by atoms with E-state index in [-0.39, 0.29) is 23.0 Å². The van der Waals surface area contributed by atoms with Gasteiger partial charge >= 0.3 is 0 Å². The van der Waals surface area contributed by atoms with Crippen LogP contribution in [-0.4, -0.2) is 27.4 Å². The monoisotopic (exact) mass is 383 g/mol. The largest absolute Gasteiger partial charge is 0.393 e. The summed E-state index contributed by atoms with van der Waals surface area (Å²) in [6.45, 7) is 9.08. The minimum absolute atomic E-state index is 0.103. The topological polar surface area (TPSA) is 53.4 Å². The van der Waals surface area contributed by atoms with Crippen LogP contribution < -0.4 is 0 Å². The Labute approximate surface area is 170 Å². The van der Waals surface area contributed by atoms with Gasteiger partial charge in [-0.25, -0.2) is 0 Å². The molecule has 7 atom stereocenters. The van der Waals surface area contributed by atoms with Crippen molar-refractivity contribution < 1.29 is 10.2 Å². The lowest BCUT2D eigenvalue weighted by atomic mass is 9.51. The summed E-state index contributed by atoms with van der Waals surface area (Å²) in [4.78, 5) is 4.26. The predicted octanol–water partition coefficient (Wildman–Crippen LogP) is 4.92. The normalized spacial score (nSPS) is 43.7. The predicted molar refractivity (Wildman–Crippen MR) is 113 cm³/mol. The molecule has 3 fully saturated rings. The zero-order valence-electron chi connectivity index (χ0n) is 17.6. The number of fused-ring (bicyclic) bond motifs is 1. The van der Waals surface area contributed by atoms with Gasteiger partial charge in [-0.15, -0.1) is 0 Å². The van der Waals surface area contributed by atoms with Crippen LogP contribution in [0, 0.1) is 28.6 Å². The number of allylic oxidation sites excluding steroid dienone is 1. The van der Waals surface area contributed by atoms with Gasteiger partial charge in [-0.05, 0) is 98.0 Å². The smallest absolute Gasteiger partial charge is 0.0610 e. The highest BCUT2D eigenvalue weighted by atomic mass is 16.3. The summed E-state index contributed by atoms with van der Waals surface area (Å²) < 4.78 is 0. The van der Waals surface area contributed by atoms with E-state index in [1.54, 1.807) is 0 Å². The summed E-state index contributed by atoms with van der Waals surface area (Å²) in [6, 6.07) is 4.15. The molecular formula is C25H37NO2. The van der Waals surface area contributed by atoms with Crippen LogP contribution in [0.3, 0.4) is 0 Å². The number of aliphatic hydroxyl groups excluding tert-OH is 2. The lowest BCUT2D eigenvalue weighted by molar-refractivity contribution is -0.120. The fourth-order valence-corrected chi connectivity index (χ4v) is 6.95. The molecule has 3 heteroatoms. The van der Waals surface area contributed by atoms with Crippen LogP contribution in [0.15, 0.2) is 36.7 Å². The molecule has 3 saturated carbocycles. The van der Waals surface area contributed by atoms with E-state index in [1.807, 2.05) is 18.5 Å². The summed E-state index contributed by atoms with van der Waals surface area (Å²) in [5.41, 5.74) is 2.86. The van der Waals surface area contributed by atoms with Gasteiger partial charge in [-0.1, -0.05) is 32.1 Å². The molecule has 1 aromatic heterocycles. The van der Waals surface area contributed by atoms with Crippen LogP contribution in [-0.2, 0) is 6.42 Å². The SMILES string of the molecule is C=C1CCC2[C@@H](O)C([C@@]3(C)CC[C@H](O)C[C@@H]3CCc3cccnc3)CC[C@@]12C. The van der Waals surface area contributed by atoms with Crippen molar-refractivity contribution in [2.24, 2.45) is 28.6 Å². The number of nitrogens with zero attached hydrogens (tertiary/aromatic N) is 1. The van der Waals surface area contributed by atoms with Crippen molar-refractivity contribution in [1.29, 1.82) is 0 Å². The maximum Gasteiger partial charge on any atom is 0.0610 e. The van der Waals surface area contributed by atoms with Crippen LogP contribution in [0.1, 0.15) is 70.8 Å². The number of rotatable bonds is 4. The molecule has 2 N–H and O–H groups in total. The highest BCUT2D eigenvalue weighted by Gasteiger charge is 2.56. The van der Waals surface area contributed by atoms with E-state index in [9.17, 15) is 10.2 Å². The van der Waals surface area contributed by atoms with Crippen molar-refractivity contribution in [2.75, 3.05) is 0 Å². The molecule has 4 rings (SSSR count). The average molecular weight is 384 g/mol. The van der Waals surface area contributed by atoms with Crippen LogP contribution in [0.4, 0.5) is 0 Å². The second kappa shape index (κ2) is 7.57. The molecule has 0 aromatic carbocycles. The maximum absolute atomic E-state index is 11.5. The van der Waals surface area contributed by atoms with E-state index in [0.29, 0.717) is 17.8 Å². The summed E-state index contributed by atoms with van der Waals surface area (Å²) >= 11 is 0. The molecule has 1 aromatic rings. The Morgan fingerprint density at radius 3 is 2.71 bits per heavy atom. The average Bonchev–Trinajstić information content (AvgIpc) is 2.99. The molecule has 3 aliphatic carbocycles. The zero-order chi connectivity index (χ0) is 19.9. The maximum atomic E-state index is 11.5. The first-order valence-corrected chi connectivity index (χ1v) is 11.3. The minimum Gasteiger partial charge on any atom is -0.393 e. The lowest BCUT2D eigenvalue weighted by Crippen LogP contribution is -2.52. The first-order valence-electron chi connectivity index (χ1n) is 11.3. The Balaban J connectivity index is 1.54. The van der Waals surface area contributed by atoms with Crippen LogP contribution in [0.2, 0.25) is 0 Å². The van der Waals surface area contributed by atoms with Crippen LogP contribution >= 0.6 is 0 Å². The van der Waals surface area contributed by atoms with Crippen molar-refractivity contribution in [1.82, 2.24) is 4.98 Å². The molecule has 0 bridgehead atoms. The van der Waals surface area contributed by atoms with Gasteiger partial charge < -0.3 is 10.2 Å². The number of hydrogen-bond acceptors (Lipinski definition) is 3. The Kier molecular flexibility index (Phi) is 5.43. The van der Waals surface area contributed by atoms with E-state index >= 15 is 0 Å². The molecule has 3 nitrogen and oxygen atoms in total. The molecule has 0 spiro atoms. The Morgan fingerprint density at radius 1 is 1.14 bits per heavy atom. The quantitative estimate of drug-likeness (QED) is 0.725. The van der Waals surface area contributed by atoms with Crippen molar-refractivity contribution >= 4 is 0 Å². The first kappa shape index (κ1) is 20.1. The van der Waals surface area contributed by atoms with Gasteiger partial charge in [-0.2, -0.15) is 0 Å². The van der Waals surface area contributed by atoms with Gasteiger partial charge in [0.15, 0.2) is 0 Å². The Morgan fingerprint density at radius 2 is 1.96 bits per heavy atom. The third kappa shape index (κ3) is 3.35. The molecule has 2 unspecified atom stereocenters. The molecule has 0 radical (unpaired) electrons. The van der Waals surface area contributed by atoms with Gasteiger partial charge in [0.05, 0.1) is 12.2 Å². The Hall–Kier alpha value is -1.19. The standard InChI is InChI=1S/C25H37NO2/c1-17-6-9-21-23(28)22(11-13-24(17,21)2)25(3)12-10-20(27)15-19(25)8-7-18-5-4-14-26-16-18/h4-5,14,16,19-23,27-28H,1,6-13,15H2,2-3H3/t19-,20-,21?,22?,23+,24-,25-/m0/s1. The van der Waals surface area contributed by atoms with Gasteiger partial charge in [0.25, 0.3) is 0 Å². The fraction of sp³-hybridized carbons (Fsp3) is 0.720. The van der Waals surface area contributed by atoms with E-state index in [4.69, 9.17) is 0 Å². The molecule has 0 amide bonds. The van der Waals surface area contributed by atoms with Gasteiger partial charge in [0.2, 0.25) is 0 Å². The third-order valence-corrected chi connectivity index (χ3v) is 9.04. The van der Waals surface area contributed by atoms with Crippen LogP contribution in [0.5, 0.6) is 0 Å². The van der Waals surface area contributed by atoms with E-state index in [1.165, 1.54) is 11.1 Å². The molecule has 0 aliphatic heterocycles. The zero-order valence-corrected chi connectivity index (χ0v) is 17.6. The van der Waals surface area contributed by atoms with Crippen LogP contribution in [0.25, 0.3) is 0 Å². The van der Waals surface area contributed by atoms with E-state index in [0.717, 1.165) is 57.8 Å². The third-order valence-electron chi connectivity index (χ3n) is 9.04. The summed E-state index contributed by atoms with van der Waals surface area (Å²) in [6.07, 6.45) is 12.6. The lowest BCUT2D eigenvalue weighted by Gasteiger charge is -2.55. The van der Waals surface area contributed by atoms with E-state index < -0.39 is 0 Å². The number of aryl methyl sites for hydroxylation is 1. The molecule has 28 heavy (non-hydrogen) atoms. The molecule has 1 heterocycles. The number of pyridine rings is 1. The number of aromatic nitrogens is 1. The number of hydrogen-bond donors (Lipinski definition) is 2. The highest BCUT2D eigenvalue weighted by molar-refractivity contribution is 5.21. The van der Waals surface area contributed by atoms with Crippen molar-refractivity contribution in [3.05, 3.63) is 42.2 Å². The second-order valence-corrected chi connectivity index (χ2v) is 10.3. The van der Waals surface area contributed by atoms with Gasteiger partial charge in [0, 0.05) is 12.4 Å². The fourth-order valence-electron chi connectivity index (χ4n) is 6.95. The van der Waals surface area contributed by atoms with Gasteiger partial charge in [-0.3, -0.25) is 4.98 Å². The van der Waals surface area contributed by atoms with Crippen molar-refractivity contribution in [3.63, 3.8) is 0 Å². The minimum atomic E-state index is -0.237. The summed E-state index contributed by atoms with van der Waals surface area (Å²) in [7, 11) is 0. The molecule has 3 aliphatic rings. The number of aliphatic hydroxyl groups is 2. The van der Waals surface area contributed by atoms with Crippen molar-refractivity contribution in [2.45, 2.75) is 83.8 Å². The van der Waals surface area contributed by atoms with Gasteiger partial charge in [0.1, 0.15) is 0 Å². The van der Waals surface area contributed by atoms with Crippen molar-refractivity contribution in [3.8, 4) is 0 Å². The molecular weight excluding hydrogens is 346 g/mol.